The summed E-state index contributed by atoms with van der Waals surface area (Å²) < 4.78 is 13.9. The van der Waals surface area contributed by atoms with Gasteiger partial charge in [-0.05, 0) is 25.1 Å². The van der Waals surface area contributed by atoms with Crippen molar-refractivity contribution in [1.29, 1.82) is 0 Å². The third-order valence-corrected chi connectivity index (χ3v) is 3.58. The highest BCUT2D eigenvalue weighted by atomic mass is 32.1. The number of benzene rings is 1. The molecule has 1 aromatic carbocycles. The van der Waals surface area contributed by atoms with Gasteiger partial charge in [0.2, 0.25) is 0 Å². The molecule has 0 saturated carbocycles. The van der Waals surface area contributed by atoms with Crippen molar-refractivity contribution < 1.29 is 9.18 Å². The first-order chi connectivity index (χ1) is 10.1. The molecule has 2 rings (SSSR count). The Labute approximate surface area is 126 Å². The lowest BCUT2D eigenvalue weighted by atomic mass is 10.1. The first-order valence-electron chi connectivity index (χ1n) is 6.28. The van der Waals surface area contributed by atoms with Crippen molar-refractivity contribution in [2.24, 2.45) is 5.73 Å². The number of halogens is 1. The molecule has 0 bridgehead atoms. The minimum atomic E-state index is -0.605. The summed E-state index contributed by atoms with van der Waals surface area (Å²) in [5.41, 5.74) is 6.63. The van der Waals surface area contributed by atoms with E-state index in [-0.39, 0.29) is 18.7 Å². The molecule has 21 heavy (non-hydrogen) atoms. The van der Waals surface area contributed by atoms with Gasteiger partial charge in [0.05, 0.1) is 18.7 Å². The molecule has 1 amide bonds. The molecule has 1 aromatic heterocycles. The van der Waals surface area contributed by atoms with Gasteiger partial charge >= 0.3 is 0 Å². The van der Waals surface area contributed by atoms with Crippen LogP contribution in [0.15, 0.2) is 23.6 Å². The van der Waals surface area contributed by atoms with Crippen molar-refractivity contribution in [3.63, 3.8) is 0 Å². The molecule has 0 aliphatic heterocycles. The van der Waals surface area contributed by atoms with E-state index in [1.54, 1.807) is 6.07 Å². The van der Waals surface area contributed by atoms with Gasteiger partial charge in [0.15, 0.2) is 0 Å². The topological polar surface area (TPSA) is 68.0 Å². The van der Waals surface area contributed by atoms with Crippen LogP contribution in [0.1, 0.15) is 26.6 Å². The van der Waals surface area contributed by atoms with E-state index in [0.717, 1.165) is 10.7 Å². The number of thiazole rings is 1. The maximum absolute atomic E-state index is 13.9. The van der Waals surface area contributed by atoms with Crippen LogP contribution in [0.3, 0.4) is 0 Å². The van der Waals surface area contributed by atoms with Gasteiger partial charge < -0.3 is 11.1 Å². The molecule has 1 heterocycles. The van der Waals surface area contributed by atoms with Crippen molar-refractivity contribution in [1.82, 2.24) is 10.3 Å². The van der Waals surface area contributed by atoms with Gasteiger partial charge in [-0.3, -0.25) is 4.79 Å². The summed E-state index contributed by atoms with van der Waals surface area (Å²) in [6.45, 7) is 2.37. The van der Waals surface area contributed by atoms with Gasteiger partial charge in [-0.25, -0.2) is 9.37 Å². The van der Waals surface area contributed by atoms with Crippen molar-refractivity contribution >= 4 is 17.2 Å². The molecule has 0 radical (unpaired) electrons. The van der Waals surface area contributed by atoms with Crippen molar-refractivity contribution in [3.05, 3.63) is 51.2 Å². The van der Waals surface area contributed by atoms with E-state index in [1.807, 2.05) is 12.3 Å². The fourth-order valence-electron chi connectivity index (χ4n) is 1.67. The number of aromatic nitrogens is 1. The van der Waals surface area contributed by atoms with Crippen LogP contribution >= 0.6 is 11.3 Å². The molecule has 0 atom stereocenters. The SMILES string of the molecule is Cc1csc(CNC(=O)c2ccc(C#CCN)cc2F)n1. The minimum Gasteiger partial charge on any atom is -0.345 e. The summed E-state index contributed by atoms with van der Waals surface area (Å²) >= 11 is 1.45. The zero-order chi connectivity index (χ0) is 15.2. The Kier molecular flexibility index (Phi) is 5.04. The largest absolute Gasteiger partial charge is 0.345 e. The van der Waals surface area contributed by atoms with Crippen LogP contribution in [0, 0.1) is 24.6 Å². The van der Waals surface area contributed by atoms with Gasteiger partial charge in [0, 0.05) is 16.6 Å². The van der Waals surface area contributed by atoms with Gasteiger partial charge in [-0.1, -0.05) is 11.8 Å². The quantitative estimate of drug-likeness (QED) is 0.850. The lowest BCUT2D eigenvalue weighted by molar-refractivity contribution is 0.0947. The summed E-state index contributed by atoms with van der Waals surface area (Å²) in [7, 11) is 0. The van der Waals surface area contributed by atoms with Crippen LogP contribution in [0.5, 0.6) is 0 Å². The van der Waals surface area contributed by atoms with E-state index in [0.29, 0.717) is 5.56 Å². The fraction of sp³-hybridized carbons (Fsp3) is 0.200. The van der Waals surface area contributed by atoms with Crippen LogP contribution in [0.2, 0.25) is 0 Å². The Hall–Kier alpha value is -2.23. The molecule has 2 aromatic rings. The lowest BCUT2D eigenvalue weighted by Gasteiger charge is -2.04. The normalized spacial score (nSPS) is 9.86. The Morgan fingerprint density at radius 3 is 2.95 bits per heavy atom. The first kappa shape index (κ1) is 15.2. The second-order valence-corrected chi connectivity index (χ2v) is 5.21. The third kappa shape index (κ3) is 4.12. The summed E-state index contributed by atoms with van der Waals surface area (Å²) in [6.07, 6.45) is 0. The Balaban J connectivity index is 2.05. The average Bonchev–Trinajstić information content (AvgIpc) is 2.88. The first-order valence-corrected chi connectivity index (χ1v) is 7.16. The second-order valence-electron chi connectivity index (χ2n) is 4.27. The number of hydrogen-bond acceptors (Lipinski definition) is 4. The molecule has 0 aliphatic rings. The molecule has 3 N–H and O–H groups in total. The minimum absolute atomic E-state index is 0.0124. The Morgan fingerprint density at radius 2 is 2.33 bits per heavy atom. The average molecular weight is 303 g/mol. The maximum atomic E-state index is 13.9. The van der Waals surface area contributed by atoms with E-state index >= 15 is 0 Å². The van der Waals surface area contributed by atoms with E-state index in [9.17, 15) is 9.18 Å². The molecule has 0 unspecified atom stereocenters. The standard InChI is InChI=1S/C15H14FN3OS/c1-10-9-21-14(19-10)8-18-15(20)12-5-4-11(3-2-6-17)7-13(12)16/h4-5,7,9H,6,8,17H2,1H3,(H,18,20). The number of hydrogen-bond donors (Lipinski definition) is 2. The summed E-state index contributed by atoms with van der Waals surface area (Å²) in [5, 5.41) is 5.32. The van der Waals surface area contributed by atoms with Crippen molar-refractivity contribution in [2.45, 2.75) is 13.5 Å². The molecular weight excluding hydrogens is 289 g/mol. The zero-order valence-corrected chi connectivity index (χ0v) is 12.3. The smallest absolute Gasteiger partial charge is 0.254 e. The Morgan fingerprint density at radius 1 is 1.52 bits per heavy atom. The van der Waals surface area contributed by atoms with Crippen LogP contribution in [0.25, 0.3) is 0 Å². The van der Waals surface area contributed by atoms with Gasteiger partial charge in [-0.15, -0.1) is 11.3 Å². The number of amides is 1. The number of rotatable bonds is 3. The van der Waals surface area contributed by atoms with Crippen LogP contribution in [-0.2, 0) is 6.54 Å². The molecule has 0 spiro atoms. The summed E-state index contributed by atoms with van der Waals surface area (Å²) in [5.74, 6) is 4.27. The number of nitrogens with two attached hydrogens (primary N) is 1. The second kappa shape index (κ2) is 6.97. The zero-order valence-electron chi connectivity index (χ0n) is 11.4. The van der Waals surface area contributed by atoms with E-state index < -0.39 is 11.7 Å². The van der Waals surface area contributed by atoms with Gasteiger partial charge in [-0.2, -0.15) is 0 Å². The lowest BCUT2D eigenvalue weighted by Crippen LogP contribution is -2.23. The van der Waals surface area contributed by atoms with Crippen LogP contribution in [0.4, 0.5) is 4.39 Å². The number of carbonyl (C=O) groups is 1. The molecule has 0 aliphatic carbocycles. The number of nitrogens with zero attached hydrogens (tertiary/aromatic N) is 1. The van der Waals surface area contributed by atoms with Crippen molar-refractivity contribution in [2.75, 3.05) is 6.54 Å². The molecule has 4 nitrogen and oxygen atoms in total. The fourth-order valence-corrected chi connectivity index (χ4v) is 2.38. The third-order valence-electron chi connectivity index (χ3n) is 2.62. The van der Waals surface area contributed by atoms with E-state index in [1.165, 1.54) is 23.5 Å². The highest BCUT2D eigenvalue weighted by Crippen LogP contribution is 2.11. The highest BCUT2D eigenvalue weighted by molar-refractivity contribution is 7.09. The monoisotopic (exact) mass is 303 g/mol. The van der Waals surface area contributed by atoms with E-state index in [2.05, 4.69) is 22.1 Å². The highest BCUT2D eigenvalue weighted by Gasteiger charge is 2.12. The molecule has 108 valence electrons. The number of nitrogens with one attached hydrogen (secondary N) is 1. The molecular formula is C15H14FN3OS. The molecule has 0 saturated heterocycles. The summed E-state index contributed by atoms with van der Waals surface area (Å²) in [4.78, 5) is 16.2. The van der Waals surface area contributed by atoms with Crippen LogP contribution < -0.4 is 11.1 Å². The summed E-state index contributed by atoms with van der Waals surface area (Å²) in [6, 6.07) is 4.23. The predicted octanol–water partition coefficient (Wildman–Crippen LogP) is 1.83. The van der Waals surface area contributed by atoms with Gasteiger partial charge in [0.1, 0.15) is 10.8 Å². The van der Waals surface area contributed by atoms with Crippen LogP contribution in [-0.4, -0.2) is 17.4 Å². The molecule has 0 fully saturated rings. The molecule has 6 heteroatoms. The van der Waals surface area contributed by atoms with Gasteiger partial charge in [0.25, 0.3) is 5.91 Å². The number of aryl methyl sites for hydroxylation is 1. The maximum Gasteiger partial charge on any atom is 0.254 e. The Bertz CT molecular complexity index is 715. The van der Waals surface area contributed by atoms with Crippen molar-refractivity contribution in [3.8, 4) is 11.8 Å². The number of carbonyl (C=O) groups excluding carboxylic acids is 1. The predicted molar refractivity (Wildman–Crippen MR) is 80.4 cm³/mol. The van der Waals surface area contributed by atoms with E-state index in [4.69, 9.17) is 5.73 Å².